The fourth-order valence-corrected chi connectivity index (χ4v) is 2.54. The normalized spacial score (nSPS) is 26.2. The van der Waals surface area contributed by atoms with Gasteiger partial charge in [-0.15, -0.1) is 0 Å². The first-order valence-corrected chi connectivity index (χ1v) is 6.26. The highest BCUT2D eigenvalue weighted by Gasteiger charge is 2.34. The van der Waals surface area contributed by atoms with Crippen LogP contribution >= 0.6 is 0 Å². The highest BCUT2D eigenvalue weighted by molar-refractivity contribution is 5.39. The SMILES string of the molecule is C[C@@H]1[C@H](O)c2ccccc2O[C@H]1c1ccccc1. The van der Waals surface area contributed by atoms with Crippen LogP contribution in [0.25, 0.3) is 0 Å². The number of benzene rings is 2. The van der Waals surface area contributed by atoms with Gasteiger partial charge in [0.2, 0.25) is 0 Å². The maximum atomic E-state index is 10.4. The van der Waals surface area contributed by atoms with E-state index in [0.717, 1.165) is 16.9 Å². The van der Waals surface area contributed by atoms with Crippen LogP contribution in [0.1, 0.15) is 30.3 Å². The van der Waals surface area contributed by atoms with E-state index in [2.05, 4.69) is 0 Å². The molecule has 0 aromatic heterocycles. The van der Waals surface area contributed by atoms with Crippen LogP contribution in [0.3, 0.4) is 0 Å². The molecular weight excluding hydrogens is 224 g/mol. The van der Waals surface area contributed by atoms with Crippen molar-refractivity contribution in [3.8, 4) is 5.75 Å². The van der Waals surface area contributed by atoms with E-state index in [-0.39, 0.29) is 12.0 Å². The van der Waals surface area contributed by atoms with Crippen LogP contribution in [0.4, 0.5) is 0 Å². The van der Waals surface area contributed by atoms with E-state index in [4.69, 9.17) is 4.74 Å². The molecule has 0 aliphatic carbocycles. The molecule has 0 amide bonds. The smallest absolute Gasteiger partial charge is 0.129 e. The Morgan fingerprint density at radius 2 is 1.61 bits per heavy atom. The third kappa shape index (κ3) is 1.79. The summed E-state index contributed by atoms with van der Waals surface area (Å²) in [7, 11) is 0. The molecule has 1 aliphatic heterocycles. The Bertz CT molecular complexity index is 536. The highest BCUT2D eigenvalue weighted by Crippen LogP contribution is 2.44. The largest absolute Gasteiger partial charge is 0.485 e. The Balaban J connectivity index is 2.01. The van der Waals surface area contributed by atoms with Crippen molar-refractivity contribution in [2.45, 2.75) is 19.1 Å². The molecule has 2 heteroatoms. The molecule has 0 saturated heterocycles. The Kier molecular flexibility index (Phi) is 2.80. The van der Waals surface area contributed by atoms with Crippen LogP contribution in [-0.2, 0) is 0 Å². The fourth-order valence-electron chi connectivity index (χ4n) is 2.54. The van der Waals surface area contributed by atoms with Crippen molar-refractivity contribution in [2.24, 2.45) is 5.92 Å². The van der Waals surface area contributed by atoms with Crippen LogP contribution in [0.2, 0.25) is 0 Å². The third-order valence-electron chi connectivity index (χ3n) is 3.60. The van der Waals surface area contributed by atoms with Crippen molar-refractivity contribution in [3.63, 3.8) is 0 Å². The van der Waals surface area contributed by atoms with E-state index in [1.165, 1.54) is 0 Å². The molecule has 3 rings (SSSR count). The molecule has 3 atom stereocenters. The molecule has 2 nitrogen and oxygen atoms in total. The predicted octanol–water partition coefficient (Wildman–Crippen LogP) is 3.49. The number of aliphatic hydroxyl groups excluding tert-OH is 1. The number of hydrogen-bond acceptors (Lipinski definition) is 2. The molecule has 2 aromatic carbocycles. The van der Waals surface area contributed by atoms with E-state index in [0.29, 0.717) is 0 Å². The Labute approximate surface area is 107 Å². The van der Waals surface area contributed by atoms with E-state index in [9.17, 15) is 5.11 Å². The molecule has 0 radical (unpaired) electrons. The molecular formula is C16H16O2. The molecule has 0 unspecified atom stereocenters. The van der Waals surface area contributed by atoms with Crippen LogP contribution in [0, 0.1) is 5.92 Å². The molecule has 92 valence electrons. The number of aliphatic hydroxyl groups is 1. The Hall–Kier alpha value is -1.80. The van der Waals surface area contributed by atoms with E-state index >= 15 is 0 Å². The summed E-state index contributed by atoms with van der Waals surface area (Å²) >= 11 is 0. The lowest BCUT2D eigenvalue weighted by Crippen LogP contribution is -2.27. The third-order valence-corrected chi connectivity index (χ3v) is 3.60. The second kappa shape index (κ2) is 4.46. The fraction of sp³-hybridized carbons (Fsp3) is 0.250. The molecule has 2 aromatic rings. The summed E-state index contributed by atoms with van der Waals surface area (Å²) < 4.78 is 6.04. The maximum absolute atomic E-state index is 10.4. The number of rotatable bonds is 1. The van der Waals surface area contributed by atoms with Gasteiger partial charge in [-0.05, 0) is 11.6 Å². The second-order valence-electron chi connectivity index (χ2n) is 4.79. The monoisotopic (exact) mass is 240 g/mol. The minimum Gasteiger partial charge on any atom is -0.485 e. The van der Waals surface area contributed by atoms with Gasteiger partial charge in [0, 0.05) is 11.5 Å². The van der Waals surface area contributed by atoms with Gasteiger partial charge in [-0.2, -0.15) is 0 Å². The molecule has 18 heavy (non-hydrogen) atoms. The molecule has 0 spiro atoms. The minimum absolute atomic E-state index is 0.0438. The lowest BCUT2D eigenvalue weighted by atomic mass is 9.86. The first-order valence-electron chi connectivity index (χ1n) is 6.26. The van der Waals surface area contributed by atoms with Gasteiger partial charge < -0.3 is 9.84 Å². The molecule has 0 bridgehead atoms. The lowest BCUT2D eigenvalue weighted by Gasteiger charge is -2.35. The average Bonchev–Trinajstić information content (AvgIpc) is 2.44. The minimum atomic E-state index is -0.472. The predicted molar refractivity (Wildman–Crippen MR) is 70.4 cm³/mol. The first-order chi connectivity index (χ1) is 8.77. The zero-order valence-corrected chi connectivity index (χ0v) is 10.3. The quantitative estimate of drug-likeness (QED) is 0.826. The van der Waals surface area contributed by atoms with E-state index in [1.54, 1.807) is 0 Å². The van der Waals surface area contributed by atoms with Gasteiger partial charge in [-0.1, -0.05) is 55.5 Å². The highest BCUT2D eigenvalue weighted by atomic mass is 16.5. The van der Waals surface area contributed by atoms with Crippen LogP contribution in [0.15, 0.2) is 54.6 Å². The van der Waals surface area contributed by atoms with E-state index in [1.807, 2.05) is 61.5 Å². The summed E-state index contributed by atoms with van der Waals surface area (Å²) in [5.74, 6) is 0.833. The van der Waals surface area contributed by atoms with Crippen molar-refractivity contribution < 1.29 is 9.84 Å². The van der Waals surface area contributed by atoms with E-state index < -0.39 is 6.10 Å². The topological polar surface area (TPSA) is 29.5 Å². The van der Waals surface area contributed by atoms with Gasteiger partial charge in [0.25, 0.3) is 0 Å². The van der Waals surface area contributed by atoms with Gasteiger partial charge in [-0.3, -0.25) is 0 Å². The van der Waals surface area contributed by atoms with Crippen LogP contribution < -0.4 is 4.74 Å². The second-order valence-corrected chi connectivity index (χ2v) is 4.79. The van der Waals surface area contributed by atoms with Crippen LogP contribution in [-0.4, -0.2) is 5.11 Å². The zero-order chi connectivity index (χ0) is 12.5. The van der Waals surface area contributed by atoms with Crippen LogP contribution in [0.5, 0.6) is 5.75 Å². The summed E-state index contributed by atoms with van der Waals surface area (Å²) in [5.41, 5.74) is 2.00. The lowest BCUT2D eigenvalue weighted by molar-refractivity contribution is 0.00765. The standard InChI is InChI=1S/C16H16O2/c1-11-15(17)13-9-5-6-10-14(13)18-16(11)12-7-3-2-4-8-12/h2-11,15-17H,1H3/t11-,15+,16-/m1/s1. The first kappa shape index (κ1) is 11.3. The van der Waals surface area contributed by atoms with Gasteiger partial charge >= 0.3 is 0 Å². The number of hydrogen-bond donors (Lipinski definition) is 1. The summed E-state index contributed by atoms with van der Waals surface area (Å²) in [6.45, 7) is 2.03. The Morgan fingerprint density at radius 3 is 2.39 bits per heavy atom. The van der Waals surface area contributed by atoms with Crippen molar-refractivity contribution >= 4 is 0 Å². The maximum Gasteiger partial charge on any atom is 0.129 e. The van der Waals surface area contributed by atoms with Gasteiger partial charge in [-0.25, -0.2) is 0 Å². The van der Waals surface area contributed by atoms with Crippen molar-refractivity contribution in [2.75, 3.05) is 0 Å². The summed E-state index contributed by atoms with van der Waals surface area (Å²) in [5, 5.41) is 10.4. The summed E-state index contributed by atoms with van der Waals surface area (Å²) in [6.07, 6.45) is -0.559. The number of ether oxygens (including phenoxy) is 1. The van der Waals surface area contributed by atoms with Crippen molar-refractivity contribution in [1.29, 1.82) is 0 Å². The molecule has 1 N–H and O–H groups in total. The number of para-hydroxylation sites is 1. The molecule has 1 aliphatic rings. The Morgan fingerprint density at radius 1 is 0.944 bits per heavy atom. The van der Waals surface area contributed by atoms with Crippen molar-refractivity contribution in [3.05, 3.63) is 65.7 Å². The molecule has 0 fully saturated rings. The van der Waals surface area contributed by atoms with Crippen molar-refractivity contribution in [1.82, 2.24) is 0 Å². The van der Waals surface area contributed by atoms with Gasteiger partial charge in [0.05, 0.1) is 6.10 Å². The molecule has 1 heterocycles. The average molecular weight is 240 g/mol. The zero-order valence-electron chi connectivity index (χ0n) is 10.3. The van der Waals surface area contributed by atoms with Gasteiger partial charge in [0.15, 0.2) is 0 Å². The summed E-state index contributed by atoms with van der Waals surface area (Å²) in [4.78, 5) is 0. The molecule has 0 saturated carbocycles. The number of fused-ring (bicyclic) bond motifs is 1. The summed E-state index contributed by atoms with van der Waals surface area (Å²) in [6, 6.07) is 17.8. The van der Waals surface area contributed by atoms with Gasteiger partial charge in [0.1, 0.15) is 11.9 Å².